The molecule has 0 aliphatic carbocycles. The molecule has 1 unspecified atom stereocenters. The normalized spacial score (nSPS) is 11.7. The minimum absolute atomic E-state index is 0.355. The van der Waals surface area contributed by atoms with Crippen LogP contribution in [0, 0.1) is 0 Å². The second kappa shape index (κ2) is 5.14. The highest BCUT2D eigenvalue weighted by Gasteiger charge is 2.13. The monoisotopic (exact) mass is 211 g/mol. The van der Waals surface area contributed by atoms with Gasteiger partial charge in [-0.25, -0.2) is 14.8 Å². The van der Waals surface area contributed by atoms with Gasteiger partial charge in [0.1, 0.15) is 6.04 Å². The summed E-state index contributed by atoms with van der Waals surface area (Å²) in [4.78, 5) is 19.0. The third kappa shape index (κ3) is 3.08. The Morgan fingerprint density at radius 1 is 1.40 bits per heavy atom. The molecular formula is C9H13N3O3. The fourth-order valence-corrected chi connectivity index (χ4v) is 0.925. The predicted molar refractivity (Wildman–Crippen MR) is 53.7 cm³/mol. The average Bonchev–Trinajstić information content (AvgIpc) is 2.29. The van der Waals surface area contributed by atoms with Gasteiger partial charge in [-0.05, 0) is 6.92 Å². The lowest BCUT2D eigenvalue weighted by Crippen LogP contribution is -2.28. The Morgan fingerprint density at radius 2 is 2.00 bits per heavy atom. The zero-order valence-electron chi connectivity index (χ0n) is 8.85. The van der Waals surface area contributed by atoms with Crippen LogP contribution < -0.4 is 10.1 Å². The van der Waals surface area contributed by atoms with Gasteiger partial charge in [0, 0.05) is 0 Å². The van der Waals surface area contributed by atoms with E-state index < -0.39 is 6.04 Å². The van der Waals surface area contributed by atoms with Crippen molar-refractivity contribution in [1.29, 1.82) is 0 Å². The molecule has 1 aromatic heterocycles. The van der Waals surface area contributed by atoms with Gasteiger partial charge in [0.25, 0.3) is 0 Å². The van der Waals surface area contributed by atoms with Crippen molar-refractivity contribution in [3.8, 4) is 5.75 Å². The number of ether oxygens (including phenoxy) is 2. The first-order chi connectivity index (χ1) is 7.17. The summed E-state index contributed by atoms with van der Waals surface area (Å²) in [7, 11) is 2.86. The Kier molecular flexibility index (Phi) is 3.84. The Balaban J connectivity index is 2.60. The molecular weight excluding hydrogens is 198 g/mol. The van der Waals surface area contributed by atoms with Crippen LogP contribution in [0.25, 0.3) is 0 Å². The van der Waals surface area contributed by atoms with Crippen LogP contribution >= 0.6 is 0 Å². The summed E-state index contributed by atoms with van der Waals surface area (Å²) >= 11 is 0. The summed E-state index contributed by atoms with van der Waals surface area (Å²) in [6.45, 7) is 1.67. The molecule has 0 saturated heterocycles. The van der Waals surface area contributed by atoms with Crippen molar-refractivity contribution in [1.82, 2.24) is 9.97 Å². The van der Waals surface area contributed by atoms with Crippen LogP contribution in [0.2, 0.25) is 0 Å². The second-order valence-electron chi connectivity index (χ2n) is 2.84. The third-order valence-corrected chi connectivity index (χ3v) is 1.76. The van der Waals surface area contributed by atoms with Crippen LogP contribution in [0.1, 0.15) is 6.92 Å². The van der Waals surface area contributed by atoms with Crippen LogP contribution in [0.3, 0.4) is 0 Å². The van der Waals surface area contributed by atoms with Gasteiger partial charge in [-0.15, -0.1) is 0 Å². The molecule has 6 heteroatoms. The maximum Gasteiger partial charge on any atom is 0.328 e. The molecule has 0 radical (unpaired) electrons. The highest BCUT2D eigenvalue weighted by molar-refractivity contribution is 5.77. The Labute approximate surface area is 87.6 Å². The third-order valence-electron chi connectivity index (χ3n) is 1.76. The number of carbonyl (C=O) groups excluding carboxylic acids is 1. The van der Waals surface area contributed by atoms with Crippen molar-refractivity contribution in [2.75, 3.05) is 19.5 Å². The predicted octanol–water partition coefficient (Wildman–Crippen LogP) is 0.459. The van der Waals surface area contributed by atoms with Crippen molar-refractivity contribution in [3.63, 3.8) is 0 Å². The quantitative estimate of drug-likeness (QED) is 0.729. The molecule has 0 aromatic carbocycles. The van der Waals surface area contributed by atoms with Crippen molar-refractivity contribution in [2.24, 2.45) is 0 Å². The SMILES string of the molecule is COC(=O)C(C)Nc1ncc(OC)cn1. The number of hydrogen-bond donors (Lipinski definition) is 1. The smallest absolute Gasteiger partial charge is 0.328 e. The van der Waals surface area contributed by atoms with Crippen molar-refractivity contribution < 1.29 is 14.3 Å². The minimum atomic E-state index is -0.483. The van der Waals surface area contributed by atoms with Crippen LogP contribution in [-0.4, -0.2) is 36.2 Å². The van der Waals surface area contributed by atoms with E-state index in [1.807, 2.05) is 0 Å². The summed E-state index contributed by atoms with van der Waals surface area (Å²) in [5.41, 5.74) is 0. The summed E-state index contributed by atoms with van der Waals surface area (Å²) in [5, 5.41) is 2.79. The van der Waals surface area contributed by atoms with E-state index in [0.29, 0.717) is 11.7 Å². The number of carbonyl (C=O) groups is 1. The highest BCUT2D eigenvalue weighted by atomic mass is 16.5. The van der Waals surface area contributed by atoms with Gasteiger partial charge < -0.3 is 14.8 Å². The fourth-order valence-electron chi connectivity index (χ4n) is 0.925. The molecule has 0 amide bonds. The topological polar surface area (TPSA) is 73.3 Å². The lowest BCUT2D eigenvalue weighted by atomic mass is 10.3. The van der Waals surface area contributed by atoms with Gasteiger partial charge >= 0.3 is 5.97 Å². The van der Waals surface area contributed by atoms with Crippen molar-refractivity contribution >= 4 is 11.9 Å². The zero-order chi connectivity index (χ0) is 11.3. The molecule has 15 heavy (non-hydrogen) atoms. The molecule has 0 saturated carbocycles. The first-order valence-electron chi connectivity index (χ1n) is 4.37. The van der Waals surface area contributed by atoms with Crippen molar-refractivity contribution in [3.05, 3.63) is 12.4 Å². The van der Waals surface area contributed by atoms with Gasteiger partial charge in [0.15, 0.2) is 5.75 Å². The van der Waals surface area contributed by atoms with Gasteiger partial charge in [-0.1, -0.05) is 0 Å². The molecule has 0 aliphatic rings. The molecule has 1 N–H and O–H groups in total. The molecule has 0 spiro atoms. The first-order valence-corrected chi connectivity index (χ1v) is 4.37. The molecule has 1 aromatic rings. The number of hydrogen-bond acceptors (Lipinski definition) is 6. The van der Waals surface area contributed by atoms with E-state index in [0.717, 1.165) is 0 Å². The summed E-state index contributed by atoms with van der Waals surface area (Å²) in [6.07, 6.45) is 3.03. The number of anilines is 1. The van der Waals surface area contributed by atoms with E-state index in [4.69, 9.17) is 4.74 Å². The summed E-state index contributed by atoms with van der Waals surface area (Å²) in [6, 6.07) is -0.483. The molecule has 1 heterocycles. The Morgan fingerprint density at radius 3 is 2.47 bits per heavy atom. The zero-order valence-corrected chi connectivity index (χ0v) is 8.85. The Bertz CT molecular complexity index is 326. The fraction of sp³-hybridized carbons (Fsp3) is 0.444. The summed E-state index contributed by atoms with van der Waals surface area (Å²) < 4.78 is 9.45. The maximum atomic E-state index is 11.1. The second-order valence-corrected chi connectivity index (χ2v) is 2.84. The van der Waals surface area contributed by atoms with E-state index in [1.54, 1.807) is 6.92 Å². The molecule has 1 atom stereocenters. The number of aromatic nitrogens is 2. The standard InChI is InChI=1S/C9H13N3O3/c1-6(8(13)15-3)12-9-10-4-7(14-2)5-11-9/h4-6H,1-3H3,(H,10,11,12). The number of rotatable bonds is 4. The number of nitrogens with one attached hydrogen (secondary N) is 1. The van der Waals surface area contributed by atoms with Crippen LogP contribution in [-0.2, 0) is 9.53 Å². The van der Waals surface area contributed by atoms with Crippen LogP contribution in [0.5, 0.6) is 5.75 Å². The van der Waals surface area contributed by atoms with E-state index in [9.17, 15) is 4.79 Å². The van der Waals surface area contributed by atoms with Crippen LogP contribution in [0.4, 0.5) is 5.95 Å². The molecule has 0 fully saturated rings. The van der Waals surface area contributed by atoms with Crippen LogP contribution in [0.15, 0.2) is 12.4 Å². The number of nitrogens with zero attached hydrogens (tertiary/aromatic N) is 2. The number of methoxy groups -OCH3 is 2. The molecule has 0 bridgehead atoms. The molecule has 0 aliphatic heterocycles. The number of esters is 1. The van der Waals surface area contributed by atoms with E-state index in [-0.39, 0.29) is 5.97 Å². The first kappa shape index (κ1) is 11.2. The summed E-state index contributed by atoms with van der Waals surface area (Å²) in [5.74, 6) is 0.550. The van der Waals surface area contributed by atoms with Crippen molar-refractivity contribution in [2.45, 2.75) is 13.0 Å². The maximum absolute atomic E-state index is 11.1. The van der Waals surface area contributed by atoms with E-state index in [2.05, 4.69) is 20.0 Å². The lowest BCUT2D eigenvalue weighted by Gasteiger charge is -2.10. The van der Waals surface area contributed by atoms with E-state index in [1.165, 1.54) is 26.6 Å². The molecule has 82 valence electrons. The molecule has 6 nitrogen and oxygen atoms in total. The van der Waals surface area contributed by atoms with E-state index >= 15 is 0 Å². The minimum Gasteiger partial charge on any atom is -0.494 e. The average molecular weight is 211 g/mol. The molecule has 1 rings (SSSR count). The largest absolute Gasteiger partial charge is 0.494 e. The van der Waals surface area contributed by atoms with Gasteiger partial charge in [-0.3, -0.25) is 0 Å². The van der Waals surface area contributed by atoms with Gasteiger partial charge in [0.2, 0.25) is 5.95 Å². The lowest BCUT2D eigenvalue weighted by molar-refractivity contribution is -0.141. The Hall–Kier alpha value is -1.85. The van der Waals surface area contributed by atoms with Gasteiger partial charge in [0.05, 0.1) is 26.6 Å². The van der Waals surface area contributed by atoms with Gasteiger partial charge in [-0.2, -0.15) is 0 Å². The highest BCUT2D eigenvalue weighted by Crippen LogP contribution is 2.08.